The first kappa shape index (κ1) is 13.9. The number of aliphatic hydroxyl groups is 1. The topological polar surface area (TPSA) is 41.5 Å². The third-order valence-electron chi connectivity index (χ3n) is 3.65. The van der Waals surface area contributed by atoms with Gasteiger partial charge in [-0.1, -0.05) is 19.3 Å². The zero-order valence-electron chi connectivity index (χ0n) is 10.7. The molecule has 16 heavy (non-hydrogen) atoms. The molecule has 0 saturated heterocycles. The molecule has 3 nitrogen and oxygen atoms in total. The third kappa shape index (κ3) is 4.81. The molecule has 0 bridgehead atoms. The van der Waals surface area contributed by atoms with Crippen LogP contribution in [0.15, 0.2) is 0 Å². The quantitative estimate of drug-likeness (QED) is 0.684. The highest BCUT2D eigenvalue weighted by atomic mass is 16.5. The summed E-state index contributed by atoms with van der Waals surface area (Å²) >= 11 is 0. The van der Waals surface area contributed by atoms with Crippen LogP contribution in [-0.4, -0.2) is 37.5 Å². The summed E-state index contributed by atoms with van der Waals surface area (Å²) in [6.07, 6.45) is 7.32. The van der Waals surface area contributed by atoms with Crippen molar-refractivity contribution in [3.05, 3.63) is 0 Å². The fraction of sp³-hybridized carbons (Fsp3) is 1.00. The number of ether oxygens (including phenoxy) is 1. The van der Waals surface area contributed by atoms with Crippen LogP contribution in [0.3, 0.4) is 0 Å². The van der Waals surface area contributed by atoms with Gasteiger partial charge in [0.15, 0.2) is 0 Å². The van der Waals surface area contributed by atoms with E-state index in [4.69, 9.17) is 4.74 Å². The molecule has 0 heterocycles. The summed E-state index contributed by atoms with van der Waals surface area (Å²) in [6.45, 7) is 3.34. The standard InChI is InChI=1S/C13H27NO2/c1-11(8-9-16-2)14-13-7-5-3-4-6-12(13)10-15/h11-15H,3-10H2,1-2H3. The summed E-state index contributed by atoms with van der Waals surface area (Å²) in [5.41, 5.74) is 0. The van der Waals surface area contributed by atoms with Gasteiger partial charge in [-0.15, -0.1) is 0 Å². The van der Waals surface area contributed by atoms with Crippen LogP contribution in [0.4, 0.5) is 0 Å². The molecule has 0 aromatic carbocycles. The van der Waals surface area contributed by atoms with E-state index in [0.29, 0.717) is 24.6 Å². The largest absolute Gasteiger partial charge is 0.396 e. The van der Waals surface area contributed by atoms with Crippen LogP contribution >= 0.6 is 0 Å². The molecule has 2 N–H and O–H groups in total. The van der Waals surface area contributed by atoms with E-state index in [1.807, 2.05) is 0 Å². The van der Waals surface area contributed by atoms with Gasteiger partial charge in [-0.3, -0.25) is 0 Å². The van der Waals surface area contributed by atoms with Crippen molar-refractivity contribution in [2.45, 2.75) is 57.5 Å². The van der Waals surface area contributed by atoms with Crippen molar-refractivity contribution < 1.29 is 9.84 Å². The van der Waals surface area contributed by atoms with Gasteiger partial charge in [-0.2, -0.15) is 0 Å². The van der Waals surface area contributed by atoms with Crippen molar-refractivity contribution in [2.75, 3.05) is 20.3 Å². The lowest BCUT2D eigenvalue weighted by Gasteiger charge is -2.28. The minimum atomic E-state index is 0.328. The summed E-state index contributed by atoms with van der Waals surface area (Å²) in [4.78, 5) is 0. The highest BCUT2D eigenvalue weighted by Gasteiger charge is 2.23. The fourth-order valence-corrected chi connectivity index (χ4v) is 2.57. The van der Waals surface area contributed by atoms with Gasteiger partial charge < -0.3 is 15.2 Å². The minimum absolute atomic E-state index is 0.328. The van der Waals surface area contributed by atoms with E-state index in [1.54, 1.807) is 7.11 Å². The second-order valence-corrected chi connectivity index (χ2v) is 5.04. The van der Waals surface area contributed by atoms with Crippen LogP contribution in [0.5, 0.6) is 0 Å². The van der Waals surface area contributed by atoms with E-state index in [0.717, 1.165) is 13.0 Å². The fourth-order valence-electron chi connectivity index (χ4n) is 2.57. The van der Waals surface area contributed by atoms with Crippen molar-refractivity contribution in [2.24, 2.45) is 5.92 Å². The average Bonchev–Trinajstić information content (AvgIpc) is 2.51. The molecule has 3 atom stereocenters. The van der Waals surface area contributed by atoms with Crippen LogP contribution in [0, 0.1) is 5.92 Å². The number of rotatable bonds is 6. The molecular weight excluding hydrogens is 202 g/mol. The molecule has 1 saturated carbocycles. The molecule has 0 amide bonds. The van der Waals surface area contributed by atoms with Crippen LogP contribution in [0.25, 0.3) is 0 Å². The van der Waals surface area contributed by atoms with Gasteiger partial charge in [0, 0.05) is 32.4 Å². The molecule has 0 aliphatic heterocycles. The minimum Gasteiger partial charge on any atom is -0.396 e. The van der Waals surface area contributed by atoms with Crippen molar-refractivity contribution >= 4 is 0 Å². The second-order valence-electron chi connectivity index (χ2n) is 5.04. The zero-order chi connectivity index (χ0) is 11.8. The first-order valence-electron chi connectivity index (χ1n) is 6.63. The smallest absolute Gasteiger partial charge is 0.0476 e. The Balaban J connectivity index is 2.35. The lowest BCUT2D eigenvalue weighted by atomic mass is 9.95. The maximum atomic E-state index is 9.41. The van der Waals surface area contributed by atoms with Gasteiger partial charge in [0.05, 0.1) is 0 Å². The molecule has 0 radical (unpaired) electrons. The first-order valence-corrected chi connectivity index (χ1v) is 6.63. The van der Waals surface area contributed by atoms with Gasteiger partial charge >= 0.3 is 0 Å². The van der Waals surface area contributed by atoms with Crippen LogP contribution in [0.1, 0.15) is 45.4 Å². The van der Waals surface area contributed by atoms with Gasteiger partial charge in [0.1, 0.15) is 0 Å². The summed E-state index contributed by atoms with van der Waals surface area (Å²) in [5, 5.41) is 13.1. The SMILES string of the molecule is COCCC(C)NC1CCCCCC1CO. The number of hydrogen-bond donors (Lipinski definition) is 2. The molecule has 1 rings (SSSR count). The second kappa shape index (κ2) is 8.04. The van der Waals surface area contributed by atoms with E-state index < -0.39 is 0 Å². The molecule has 96 valence electrons. The average molecular weight is 229 g/mol. The monoisotopic (exact) mass is 229 g/mol. The van der Waals surface area contributed by atoms with Gasteiger partial charge in [0.25, 0.3) is 0 Å². The zero-order valence-corrected chi connectivity index (χ0v) is 10.7. The summed E-state index contributed by atoms with van der Waals surface area (Å²) in [6, 6.07) is 0.983. The Morgan fingerprint density at radius 2 is 2.06 bits per heavy atom. The maximum Gasteiger partial charge on any atom is 0.0476 e. The Bertz CT molecular complexity index is 175. The van der Waals surface area contributed by atoms with Crippen LogP contribution in [-0.2, 0) is 4.74 Å². The Hall–Kier alpha value is -0.120. The van der Waals surface area contributed by atoms with Crippen molar-refractivity contribution in [1.82, 2.24) is 5.32 Å². The van der Waals surface area contributed by atoms with E-state index in [9.17, 15) is 5.11 Å². The van der Waals surface area contributed by atoms with Crippen molar-refractivity contribution in [1.29, 1.82) is 0 Å². The van der Waals surface area contributed by atoms with Crippen LogP contribution < -0.4 is 5.32 Å². The van der Waals surface area contributed by atoms with E-state index in [2.05, 4.69) is 12.2 Å². The summed E-state index contributed by atoms with van der Waals surface area (Å²) in [7, 11) is 1.74. The Morgan fingerprint density at radius 3 is 2.75 bits per heavy atom. The third-order valence-corrected chi connectivity index (χ3v) is 3.65. The summed E-state index contributed by atoms with van der Waals surface area (Å²) in [5.74, 6) is 0.451. The van der Waals surface area contributed by atoms with Crippen molar-refractivity contribution in [3.63, 3.8) is 0 Å². The Morgan fingerprint density at radius 1 is 1.31 bits per heavy atom. The molecule has 1 aliphatic rings. The molecule has 3 heteroatoms. The van der Waals surface area contributed by atoms with Crippen molar-refractivity contribution in [3.8, 4) is 0 Å². The predicted molar refractivity (Wildman–Crippen MR) is 66.5 cm³/mol. The van der Waals surface area contributed by atoms with Gasteiger partial charge in [-0.25, -0.2) is 0 Å². The highest BCUT2D eigenvalue weighted by molar-refractivity contribution is 4.81. The van der Waals surface area contributed by atoms with Crippen LogP contribution in [0.2, 0.25) is 0 Å². The lowest BCUT2D eigenvalue weighted by Crippen LogP contribution is -2.42. The summed E-state index contributed by atoms with van der Waals surface area (Å²) < 4.78 is 5.09. The molecular formula is C13H27NO2. The molecule has 1 aliphatic carbocycles. The normalized spacial score (nSPS) is 28.7. The molecule has 1 fully saturated rings. The molecule has 3 unspecified atom stereocenters. The van der Waals surface area contributed by atoms with E-state index in [-0.39, 0.29) is 0 Å². The van der Waals surface area contributed by atoms with Gasteiger partial charge in [-0.05, 0) is 32.1 Å². The lowest BCUT2D eigenvalue weighted by molar-refractivity contribution is 0.158. The Labute approximate surface area is 99.6 Å². The number of hydrogen-bond acceptors (Lipinski definition) is 3. The molecule has 0 aromatic rings. The van der Waals surface area contributed by atoms with E-state index in [1.165, 1.54) is 32.1 Å². The number of aliphatic hydroxyl groups excluding tert-OH is 1. The van der Waals surface area contributed by atoms with Gasteiger partial charge in [0.2, 0.25) is 0 Å². The maximum absolute atomic E-state index is 9.41. The molecule has 0 spiro atoms. The first-order chi connectivity index (χ1) is 7.77. The molecule has 0 aromatic heterocycles. The Kier molecular flexibility index (Phi) is 7.01. The number of methoxy groups -OCH3 is 1. The predicted octanol–water partition coefficient (Wildman–Crippen LogP) is 1.94. The van der Waals surface area contributed by atoms with E-state index >= 15 is 0 Å². The number of nitrogens with one attached hydrogen (secondary N) is 1. The highest BCUT2D eigenvalue weighted by Crippen LogP contribution is 2.23.